The van der Waals surface area contributed by atoms with Crippen molar-refractivity contribution in [3.8, 4) is 0 Å². The van der Waals surface area contributed by atoms with Crippen molar-refractivity contribution in [3.05, 3.63) is 33.7 Å². The van der Waals surface area contributed by atoms with Crippen LogP contribution in [0.1, 0.15) is 15.7 Å². The molecule has 0 unspecified atom stereocenters. The monoisotopic (exact) mass is 365 g/mol. The Hall–Kier alpha value is -2.06. The van der Waals surface area contributed by atoms with E-state index in [9.17, 15) is 9.59 Å². The van der Waals surface area contributed by atoms with Gasteiger partial charge in [-0.15, -0.1) is 11.3 Å². The summed E-state index contributed by atoms with van der Waals surface area (Å²) in [5.74, 6) is 0.00637. The Balaban J connectivity index is 1.39. The van der Waals surface area contributed by atoms with E-state index in [1.165, 1.54) is 11.3 Å². The Morgan fingerprint density at radius 2 is 2.12 bits per heavy atom. The number of nitrogens with zero attached hydrogens (tertiary/aromatic N) is 5. The molecule has 7 nitrogen and oxygen atoms in total. The molecule has 4 rings (SSSR count). The van der Waals surface area contributed by atoms with Crippen molar-refractivity contribution in [1.82, 2.24) is 19.6 Å². The van der Waals surface area contributed by atoms with Gasteiger partial charge in [0, 0.05) is 39.4 Å². The number of urea groups is 1. The van der Waals surface area contributed by atoms with Crippen LogP contribution in [0.5, 0.6) is 0 Å². The van der Waals surface area contributed by atoms with Crippen LogP contribution in [0.15, 0.2) is 24.5 Å². The maximum atomic E-state index is 12.3. The van der Waals surface area contributed by atoms with Gasteiger partial charge in [0.05, 0.1) is 27.1 Å². The van der Waals surface area contributed by atoms with E-state index in [0.29, 0.717) is 28.8 Å². The number of anilines is 1. The van der Waals surface area contributed by atoms with Crippen molar-refractivity contribution >= 4 is 40.6 Å². The third-order valence-corrected chi connectivity index (χ3v) is 5.64. The second-order valence-electron chi connectivity index (χ2n) is 6.00. The SMILES string of the molecule is CN1CCN(c2cnn(C3CN(C(=O)c4ccc(Cl)s4)C3)c2)C1=O. The number of halogens is 1. The second kappa shape index (κ2) is 5.78. The van der Waals surface area contributed by atoms with Crippen molar-refractivity contribution in [3.63, 3.8) is 0 Å². The molecule has 0 N–H and O–H groups in total. The van der Waals surface area contributed by atoms with Gasteiger partial charge >= 0.3 is 6.03 Å². The van der Waals surface area contributed by atoms with E-state index in [4.69, 9.17) is 11.6 Å². The van der Waals surface area contributed by atoms with Gasteiger partial charge in [-0.25, -0.2) is 4.79 Å². The molecule has 0 atom stereocenters. The molecule has 0 aliphatic carbocycles. The molecular weight excluding hydrogens is 350 g/mol. The first-order valence-electron chi connectivity index (χ1n) is 7.64. The number of hydrogen-bond acceptors (Lipinski definition) is 4. The average Bonchev–Trinajstić information content (AvgIpc) is 3.21. The zero-order valence-corrected chi connectivity index (χ0v) is 14.6. The Kier molecular flexibility index (Phi) is 3.73. The molecule has 0 bridgehead atoms. The number of aromatic nitrogens is 2. The second-order valence-corrected chi connectivity index (χ2v) is 7.72. The molecule has 9 heteroatoms. The topological polar surface area (TPSA) is 61.7 Å². The van der Waals surface area contributed by atoms with Gasteiger partial charge in [0.2, 0.25) is 0 Å². The largest absolute Gasteiger partial charge is 0.334 e. The standard InChI is InChI=1S/C15H16ClN5O2S/c1-18-4-5-20(15(18)23)10-6-17-21(9-10)11-7-19(8-11)14(22)12-2-3-13(16)24-12/h2-3,6,9,11H,4-5,7-8H2,1H3. The highest BCUT2D eigenvalue weighted by Crippen LogP contribution is 2.29. The molecule has 0 aromatic carbocycles. The average molecular weight is 366 g/mol. The lowest BCUT2D eigenvalue weighted by molar-refractivity contribution is 0.0506. The summed E-state index contributed by atoms with van der Waals surface area (Å²) in [6, 6.07) is 3.63. The number of amides is 3. The van der Waals surface area contributed by atoms with Gasteiger partial charge in [-0.05, 0) is 12.1 Å². The van der Waals surface area contributed by atoms with E-state index in [1.807, 2.05) is 10.9 Å². The third kappa shape index (κ3) is 2.55. The van der Waals surface area contributed by atoms with Gasteiger partial charge in [-0.2, -0.15) is 5.10 Å². The van der Waals surface area contributed by atoms with Crippen LogP contribution in [-0.4, -0.2) is 64.7 Å². The first-order valence-corrected chi connectivity index (χ1v) is 8.84. The zero-order chi connectivity index (χ0) is 16.8. The van der Waals surface area contributed by atoms with Crippen LogP contribution < -0.4 is 4.90 Å². The zero-order valence-electron chi connectivity index (χ0n) is 13.1. The van der Waals surface area contributed by atoms with Gasteiger partial charge < -0.3 is 9.80 Å². The summed E-state index contributed by atoms with van der Waals surface area (Å²) in [4.78, 5) is 30.2. The summed E-state index contributed by atoms with van der Waals surface area (Å²) in [7, 11) is 1.79. The van der Waals surface area contributed by atoms with Crippen LogP contribution in [-0.2, 0) is 0 Å². The van der Waals surface area contributed by atoms with Crippen molar-refractivity contribution in [2.24, 2.45) is 0 Å². The molecule has 24 heavy (non-hydrogen) atoms. The predicted molar refractivity (Wildman–Crippen MR) is 91.9 cm³/mol. The number of likely N-dealkylation sites (tertiary alicyclic amines) is 1. The summed E-state index contributed by atoms with van der Waals surface area (Å²) < 4.78 is 2.46. The summed E-state index contributed by atoms with van der Waals surface area (Å²) in [6.45, 7) is 2.63. The Bertz CT molecular complexity index is 797. The van der Waals surface area contributed by atoms with Gasteiger partial charge in [-0.1, -0.05) is 11.6 Å². The smallest absolute Gasteiger partial charge is 0.324 e. The number of carbonyl (C=O) groups excluding carboxylic acids is 2. The molecule has 2 aromatic heterocycles. The van der Waals surface area contributed by atoms with Crippen molar-refractivity contribution in [2.75, 3.05) is 38.1 Å². The molecular formula is C15H16ClN5O2S. The van der Waals surface area contributed by atoms with E-state index in [0.717, 1.165) is 12.2 Å². The highest BCUT2D eigenvalue weighted by atomic mass is 35.5. The lowest BCUT2D eigenvalue weighted by Gasteiger charge is -2.38. The van der Waals surface area contributed by atoms with Gasteiger partial charge in [0.1, 0.15) is 0 Å². The Morgan fingerprint density at radius 1 is 1.33 bits per heavy atom. The molecule has 2 aliphatic heterocycles. The molecule has 2 saturated heterocycles. The van der Waals surface area contributed by atoms with Crippen LogP contribution in [0.3, 0.4) is 0 Å². The first kappa shape index (κ1) is 15.5. The molecule has 0 saturated carbocycles. The minimum absolute atomic E-state index is 0.00506. The minimum Gasteiger partial charge on any atom is -0.334 e. The summed E-state index contributed by atoms with van der Waals surface area (Å²) in [6.07, 6.45) is 3.59. The molecule has 2 fully saturated rings. The van der Waals surface area contributed by atoms with Crippen molar-refractivity contribution in [1.29, 1.82) is 0 Å². The van der Waals surface area contributed by atoms with E-state index in [1.54, 1.807) is 40.1 Å². The number of hydrogen-bond donors (Lipinski definition) is 0. The number of likely N-dealkylation sites (N-methyl/N-ethyl adjacent to an activating group) is 1. The first-order chi connectivity index (χ1) is 11.5. The fourth-order valence-corrected chi connectivity index (χ4v) is 3.94. The highest BCUT2D eigenvalue weighted by molar-refractivity contribution is 7.17. The van der Waals surface area contributed by atoms with E-state index >= 15 is 0 Å². The van der Waals surface area contributed by atoms with E-state index in [2.05, 4.69) is 5.10 Å². The lowest BCUT2D eigenvalue weighted by Crippen LogP contribution is -2.50. The molecule has 4 heterocycles. The van der Waals surface area contributed by atoms with E-state index in [-0.39, 0.29) is 18.0 Å². The molecule has 2 aromatic rings. The molecule has 2 aliphatic rings. The van der Waals surface area contributed by atoms with Gasteiger partial charge in [0.15, 0.2) is 0 Å². The summed E-state index contributed by atoms with van der Waals surface area (Å²) in [5, 5.41) is 4.36. The summed E-state index contributed by atoms with van der Waals surface area (Å²) in [5.41, 5.74) is 0.805. The van der Waals surface area contributed by atoms with Crippen LogP contribution in [0, 0.1) is 0 Å². The number of thiophene rings is 1. The number of carbonyl (C=O) groups is 2. The Labute approximate surface area is 148 Å². The van der Waals surface area contributed by atoms with Gasteiger partial charge in [0.25, 0.3) is 5.91 Å². The molecule has 3 amide bonds. The number of rotatable bonds is 3. The maximum Gasteiger partial charge on any atom is 0.324 e. The molecule has 126 valence electrons. The predicted octanol–water partition coefficient (Wildman–Crippen LogP) is 2.17. The van der Waals surface area contributed by atoms with Gasteiger partial charge in [-0.3, -0.25) is 14.4 Å². The van der Waals surface area contributed by atoms with E-state index < -0.39 is 0 Å². The van der Waals surface area contributed by atoms with Crippen LogP contribution in [0.4, 0.5) is 10.5 Å². The minimum atomic E-state index is -0.00506. The van der Waals surface area contributed by atoms with Crippen LogP contribution in [0.2, 0.25) is 4.34 Å². The third-order valence-electron chi connectivity index (χ3n) is 4.42. The van der Waals surface area contributed by atoms with Crippen LogP contribution >= 0.6 is 22.9 Å². The molecule has 0 radical (unpaired) electrons. The van der Waals surface area contributed by atoms with Crippen molar-refractivity contribution in [2.45, 2.75) is 6.04 Å². The maximum absolute atomic E-state index is 12.3. The molecule has 0 spiro atoms. The highest BCUT2D eigenvalue weighted by Gasteiger charge is 2.34. The normalized spacial score (nSPS) is 18.4. The Morgan fingerprint density at radius 3 is 2.75 bits per heavy atom. The van der Waals surface area contributed by atoms with Crippen LogP contribution in [0.25, 0.3) is 0 Å². The fourth-order valence-electron chi connectivity index (χ4n) is 2.93. The lowest BCUT2D eigenvalue weighted by atomic mass is 10.1. The van der Waals surface area contributed by atoms with Crippen molar-refractivity contribution < 1.29 is 9.59 Å². The summed E-state index contributed by atoms with van der Waals surface area (Å²) >= 11 is 7.17. The quantitative estimate of drug-likeness (QED) is 0.837. The fraction of sp³-hybridized carbons (Fsp3) is 0.400.